The van der Waals surface area contributed by atoms with Crippen molar-refractivity contribution in [3.8, 4) is 11.5 Å². The zero-order valence-electron chi connectivity index (χ0n) is 18.0. The van der Waals surface area contributed by atoms with E-state index in [1.165, 1.54) is 5.56 Å². The fraction of sp³-hybridized carbons (Fsp3) is 0.591. The molecule has 1 fully saturated rings. The van der Waals surface area contributed by atoms with Gasteiger partial charge in [0.25, 0.3) is 0 Å². The van der Waals surface area contributed by atoms with Crippen LogP contribution in [0.5, 0.6) is 11.5 Å². The van der Waals surface area contributed by atoms with Crippen molar-refractivity contribution >= 4 is 0 Å². The normalized spacial score (nSPS) is 18.3. The molecule has 160 valence electrons. The van der Waals surface area contributed by atoms with Crippen LogP contribution in [0.4, 0.5) is 0 Å². The average molecular weight is 403 g/mol. The van der Waals surface area contributed by atoms with Gasteiger partial charge in [-0.25, -0.2) is 0 Å². The highest BCUT2D eigenvalue weighted by molar-refractivity contribution is 5.38. The van der Waals surface area contributed by atoms with E-state index in [9.17, 15) is 5.11 Å². The summed E-state index contributed by atoms with van der Waals surface area (Å²) in [6, 6.07) is 6.70. The molecule has 1 aromatic heterocycles. The van der Waals surface area contributed by atoms with Crippen molar-refractivity contribution in [3.63, 3.8) is 0 Å². The Kier molecular flexibility index (Phi) is 7.52. The summed E-state index contributed by atoms with van der Waals surface area (Å²) in [5.41, 5.74) is 2.41. The molecule has 3 rings (SSSR count). The van der Waals surface area contributed by atoms with E-state index in [1.807, 2.05) is 16.9 Å². The van der Waals surface area contributed by atoms with Crippen LogP contribution in [0.25, 0.3) is 0 Å². The Morgan fingerprint density at radius 1 is 1.07 bits per heavy atom. The minimum absolute atomic E-state index is 0.196. The lowest BCUT2D eigenvalue weighted by molar-refractivity contribution is 0.0499. The quantitative estimate of drug-likeness (QED) is 0.696. The number of methoxy groups -OCH3 is 2. The van der Waals surface area contributed by atoms with Crippen LogP contribution in [0.1, 0.15) is 37.4 Å². The average Bonchev–Trinajstić information content (AvgIpc) is 3.18. The Labute approximate surface area is 173 Å². The Balaban J connectivity index is 1.65. The molecule has 7 heteroatoms. The maximum atomic E-state index is 9.61. The molecular formula is C22H34N4O3. The number of aliphatic hydroxyl groups excluding tert-OH is 1. The Hall–Kier alpha value is -2.09. The van der Waals surface area contributed by atoms with Crippen LogP contribution in [0.3, 0.4) is 0 Å². The molecule has 29 heavy (non-hydrogen) atoms. The summed E-state index contributed by atoms with van der Waals surface area (Å²) in [6.07, 6.45) is 4.87. The lowest BCUT2D eigenvalue weighted by atomic mass is 10.1. The van der Waals surface area contributed by atoms with Crippen molar-refractivity contribution in [2.75, 3.05) is 40.5 Å². The number of aromatic nitrogens is 2. The summed E-state index contributed by atoms with van der Waals surface area (Å²) in [4.78, 5) is 4.92. The van der Waals surface area contributed by atoms with Gasteiger partial charge in [0.2, 0.25) is 0 Å². The summed E-state index contributed by atoms with van der Waals surface area (Å²) in [5.74, 6) is 1.61. The van der Waals surface area contributed by atoms with Crippen molar-refractivity contribution in [1.82, 2.24) is 19.6 Å². The SMILES string of the molecule is COc1cc(CN2CCN(Cc3cnn(C(C)C)c3)C[C@H]2CCO)cc(OC)c1. The molecule has 1 N–H and O–H groups in total. The largest absolute Gasteiger partial charge is 0.497 e. The molecule has 0 bridgehead atoms. The predicted octanol–water partition coefficient (Wildman–Crippen LogP) is 2.55. The number of aliphatic hydroxyl groups is 1. The van der Waals surface area contributed by atoms with Crippen LogP contribution in [0, 0.1) is 0 Å². The van der Waals surface area contributed by atoms with Crippen molar-refractivity contribution in [2.45, 2.75) is 45.4 Å². The van der Waals surface area contributed by atoms with Gasteiger partial charge in [0.05, 0.1) is 20.4 Å². The number of nitrogens with zero attached hydrogens (tertiary/aromatic N) is 4. The van der Waals surface area contributed by atoms with Crippen LogP contribution in [0.2, 0.25) is 0 Å². The standard InChI is InChI=1S/C22H34N4O3/c1-17(2)26-15-19(12-23-26)13-24-6-7-25(20(16-24)5-8-27)14-18-9-21(28-3)11-22(10-18)29-4/h9-12,15,17,20,27H,5-8,13-14,16H2,1-4H3/t20-/m1/s1. The van der Waals surface area contributed by atoms with Gasteiger partial charge < -0.3 is 14.6 Å². The van der Waals surface area contributed by atoms with Gasteiger partial charge >= 0.3 is 0 Å². The zero-order valence-corrected chi connectivity index (χ0v) is 18.0. The van der Waals surface area contributed by atoms with Gasteiger partial charge in [0.15, 0.2) is 0 Å². The fourth-order valence-electron chi connectivity index (χ4n) is 3.92. The molecule has 1 aromatic carbocycles. The number of benzene rings is 1. The summed E-state index contributed by atoms with van der Waals surface area (Å²) in [6.45, 7) is 9.09. The molecule has 2 aromatic rings. The van der Waals surface area contributed by atoms with Crippen LogP contribution in [0.15, 0.2) is 30.6 Å². The Morgan fingerprint density at radius 2 is 1.79 bits per heavy atom. The molecule has 1 atom stereocenters. The van der Waals surface area contributed by atoms with Gasteiger partial charge in [-0.15, -0.1) is 0 Å². The van der Waals surface area contributed by atoms with Crippen LogP contribution in [-0.4, -0.2) is 71.2 Å². The first-order chi connectivity index (χ1) is 14.0. The summed E-state index contributed by atoms with van der Waals surface area (Å²) in [7, 11) is 3.35. The molecule has 2 heterocycles. The molecule has 7 nitrogen and oxygen atoms in total. The highest BCUT2D eigenvalue weighted by Gasteiger charge is 2.27. The van der Waals surface area contributed by atoms with E-state index in [1.54, 1.807) is 14.2 Å². The van der Waals surface area contributed by atoms with Crippen LogP contribution < -0.4 is 9.47 Å². The van der Waals surface area contributed by atoms with E-state index in [4.69, 9.17) is 9.47 Å². The molecule has 1 aliphatic heterocycles. The molecule has 0 amide bonds. The summed E-state index contributed by atoms with van der Waals surface area (Å²) in [5, 5.41) is 14.1. The third-order valence-electron chi connectivity index (χ3n) is 5.54. The predicted molar refractivity (Wildman–Crippen MR) is 113 cm³/mol. The van der Waals surface area contributed by atoms with Gasteiger partial charge in [-0.3, -0.25) is 14.5 Å². The fourth-order valence-corrected chi connectivity index (χ4v) is 3.92. The first-order valence-corrected chi connectivity index (χ1v) is 10.3. The van der Waals surface area contributed by atoms with E-state index >= 15 is 0 Å². The molecule has 1 aliphatic rings. The van der Waals surface area contributed by atoms with Gasteiger partial charge in [-0.2, -0.15) is 5.10 Å². The van der Waals surface area contributed by atoms with E-state index in [2.05, 4.69) is 47.1 Å². The maximum absolute atomic E-state index is 9.61. The minimum Gasteiger partial charge on any atom is -0.497 e. The second-order valence-corrected chi connectivity index (χ2v) is 8.01. The van der Waals surface area contributed by atoms with Crippen molar-refractivity contribution < 1.29 is 14.6 Å². The number of piperazine rings is 1. The van der Waals surface area contributed by atoms with E-state index < -0.39 is 0 Å². The monoisotopic (exact) mass is 402 g/mol. The first-order valence-electron chi connectivity index (χ1n) is 10.3. The van der Waals surface area contributed by atoms with Crippen LogP contribution >= 0.6 is 0 Å². The molecule has 0 aliphatic carbocycles. The lowest BCUT2D eigenvalue weighted by Gasteiger charge is -2.41. The highest BCUT2D eigenvalue weighted by Crippen LogP contribution is 2.25. The van der Waals surface area contributed by atoms with Gasteiger partial charge in [0.1, 0.15) is 11.5 Å². The topological polar surface area (TPSA) is 63.0 Å². The van der Waals surface area contributed by atoms with E-state index in [0.29, 0.717) is 12.1 Å². The summed E-state index contributed by atoms with van der Waals surface area (Å²) >= 11 is 0. The maximum Gasteiger partial charge on any atom is 0.122 e. The number of rotatable bonds is 9. The van der Waals surface area contributed by atoms with Gasteiger partial charge in [0, 0.05) is 69.2 Å². The molecule has 0 spiro atoms. The van der Waals surface area contributed by atoms with Crippen LogP contribution in [-0.2, 0) is 13.1 Å². The third-order valence-corrected chi connectivity index (χ3v) is 5.54. The molecule has 1 saturated heterocycles. The smallest absolute Gasteiger partial charge is 0.122 e. The molecule has 0 saturated carbocycles. The Morgan fingerprint density at radius 3 is 2.38 bits per heavy atom. The highest BCUT2D eigenvalue weighted by atomic mass is 16.5. The number of ether oxygens (including phenoxy) is 2. The van der Waals surface area contributed by atoms with Gasteiger partial charge in [-0.1, -0.05) is 0 Å². The van der Waals surface area contributed by atoms with Crippen molar-refractivity contribution in [1.29, 1.82) is 0 Å². The molecular weight excluding hydrogens is 368 g/mol. The third kappa shape index (κ3) is 5.72. The first kappa shape index (κ1) is 21.6. The molecule has 0 radical (unpaired) electrons. The lowest BCUT2D eigenvalue weighted by Crippen LogP contribution is -2.52. The van der Waals surface area contributed by atoms with E-state index in [-0.39, 0.29) is 6.61 Å². The van der Waals surface area contributed by atoms with E-state index in [0.717, 1.165) is 56.2 Å². The van der Waals surface area contributed by atoms with Gasteiger partial charge in [-0.05, 0) is 38.0 Å². The second kappa shape index (κ2) is 10.1. The number of hydrogen-bond acceptors (Lipinski definition) is 6. The Bertz CT molecular complexity index is 755. The minimum atomic E-state index is 0.196. The summed E-state index contributed by atoms with van der Waals surface area (Å²) < 4.78 is 12.8. The van der Waals surface area contributed by atoms with Crippen molar-refractivity contribution in [2.24, 2.45) is 0 Å². The number of hydrogen-bond donors (Lipinski definition) is 1. The zero-order chi connectivity index (χ0) is 20.8. The van der Waals surface area contributed by atoms with Crippen molar-refractivity contribution in [3.05, 3.63) is 41.7 Å². The second-order valence-electron chi connectivity index (χ2n) is 8.01. The molecule has 0 unspecified atom stereocenters.